The summed E-state index contributed by atoms with van der Waals surface area (Å²) in [6, 6.07) is 10.4. The Hall–Kier alpha value is -2.76. The number of halogens is 2. The first-order valence-electron chi connectivity index (χ1n) is 6.25. The summed E-state index contributed by atoms with van der Waals surface area (Å²) in [7, 11) is 0. The third-order valence-electron chi connectivity index (χ3n) is 3.00. The van der Waals surface area contributed by atoms with E-state index in [1.165, 1.54) is 24.3 Å². The first-order valence-corrected chi connectivity index (χ1v) is 6.25. The number of nitrogen functional groups attached to an aromatic ring is 1. The van der Waals surface area contributed by atoms with E-state index in [-0.39, 0.29) is 29.5 Å². The molecule has 21 heavy (non-hydrogen) atoms. The van der Waals surface area contributed by atoms with Crippen LogP contribution in [0.2, 0.25) is 0 Å². The second kappa shape index (κ2) is 5.32. The van der Waals surface area contributed by atoms with E-state index in [9.17, 15) is 8.78 Å². The van der Waals surface area contributed by atoms with Gasteiger partial charge < -0.3 is 10.3 Å². The molecule has 0 spiro atoms. The van der Waals surface area contributed by atoms with E-state index >= 15 is 0 Å². The van der Waals surface area contributed by atoms with Gasteiger partial charge in [-0.25, -0.2) is 8.78 Å². The van der Waals surface area contributed by atoms with E-state index in [0.717, 1.165) is 0 Å². The van der Waals surface area contributed by atoms with Crippen molar-refractivity contribution in [2.24, 2.45) is 0 Å². The van der Waals surface area contributed by atoms with Crippen LogP contribution < -0.4 is 5.73 Å². The van der Waals surface area contributed by atoms with E-state index in [2.05, 4.69) is 10.1 Å². The van der Waals surface area contributed by atoms with Crippen LogP contribution in [0, 0.1) is 11.6 Å². The highest BCUT2D eigenvalue weighted by atomic mass is 19.1. The minimum absolute atomic E-state index is 0.0196. The van der Waals surface area contributed by atoms with Gasteiger partial charge in [0, 0.05) is 12.1 Å². The summed E-state index contributed by atoms with van der Waals surface area (Å²) in [6.07, 6.45) is 0.167. The van der Waals surface area contributed by atoms with E-state index in [4.69, 9.17) is 10.3 Å². The molecule has 0 radical (unpaired) electrons. The second-order valence-electron chi connectivity index (χ2n) is 4.52. The summed E-state index contributed by atoms with van der Waals surface area (Å²) < 4.78 is 32.3. The van der Waals surface area contributed by atoms with Gasteiger partial charge in [-0.2, -0.15) is 4.98 Å². The highest BCUT2D eigenvalue weighted by Gasteiger charge is 2.14. The minimum Gasteiger partial charge on any atom is -0.399 e. The van der Waals surface area contributed by atoms with Crippen molar-refractivity contribution >= 4 is 5.69 Å². The average Bonchev–Trinajstić information content (AvgIpc) is 2.92. The molecule has 0 aliphatic heterocycles. The molecule has 0 unspecified atom stereocenters. The molecule has 0 saturated carbocycles. The fourth-order valence-electron chi connectivity index (χ4n) is 1.95. The van der Waals surface area contributed by atoms with E-state index in [1.54, 1.807) is 18.2 Å². The zero-order valence-electron chi connectivity index (χ0n) is 10.9. The molecule has 6 heteroatoms. The Balaban J connectivity index is 1.90. The predicted octanol–water partition coefficient (Wildman–Crippen LogP) is 3.19. The van der Waals surface area contributed by atoms with Gasteiger partial charge in [0.2, 0.25) is 0 Å². The molecular weight excluding hydrogens is 276 g/mol. The molecule has 1 aromatic heterocycles. The minimum atomic E-state index is -0.509. The van der Waals surface area contributed by atoms with Crippen LogP contribution in [-0.2, 0) is 6.42 Å². The van der Waals surface area contributed by atoms with Gasteiger partial charge in [-0.15, -0.1) is 0 Å². The number of hydrogen-bond donors (Lipinski definition) is 1. The number of benzene rings is 2. The highest BCUT2D eigenvalue weighted by Crippen LogP contribution is 2.24. The van der Waals surface area contributed by atoms with Crippen LogP contribution in [0.15, 0.2) is 47.0 Å². The Morgan fingerprint density at radius 1 is 1.05 bits per heavy atom. The maximum atomic E-state index is 13.7. The molecule has 0 aliphatic carbocycles. The molecule has 0 bridgehead atoms. The summed E-state index contributed by atoms with van der Waals surface area (Å²) in [5.41, 5.74) is 6.57. The molecule has 3 aromatic rings. The van der Waals surface area contributed by atoms with Crippen LogP contribution in [0.1, 0.15) is 11.4 Å². The third kappa shape index (κ3) is 2.74. The lowest BCUT2D eigenvalue weighted by molar-refractivity contribution is 0.421. The Labute approximate surface area is 119 Å². The Bertz CT molecular complexity index is 786. The first kappa shape index (κ1) is 13.2. The molecule has 4 nitrogen and oxygen atoms in total. The molecule has 0 amide bonds. The van der Waals surface area contributed by atoms with Crippen LogP contribution in [0.5, 0.6) is 0 Å². The molecular formula is C15H11F2N3O. The fraction of sp³-hybridized carbons (Fsp3) is 0.0667. The van der Waals surface area contributed by atoms with Crippen molar-refractivity contribution in [1.29, 1.82) is 0 Å². The van der Waals surface area contributed by atoms with Gasteiger partial charge in [0.25, 0.3) is 5.89 Å². The van der Waals surface area contributed by atoms with Crippen molar-refractivity contribution in [1.82, 2.24) is 10.1 Å². The van der Waals surface area contributed by atoms with Crippen molar-refractivity contribution < 1.29 is 13.3 Å². The predicted molar refractivity (Wildman–Crippen MR) is 73.3 cm³/mol. The average molecular weight is 287 g/mol. The maximum absolute atomic E-state index is 13.7. The Kier molecular flexibility index (Phi) is 3.35. The number of nitrogens with two attached hydrogens (primary N) is 1. The quantitative estimate of drug-likeness (QED) is 0.751. The fourth-order valence-corrected chi connectivity index (χ4v) is 1.95. The molecule has 1 heterocycles. The van der Waals surface area contributed by atoms with Crippen LogP contribution in [0.25, 0.3) is 11.5 Å². The molecule has 0 fully saturated rings. The molecule has 0 saturated heterocycles. The summed E-state index contributed by atoms with van der Waals surface area (Å²) in [6.45, 7) is 0. The van der Waals surface area contributed by atoms with Crippen LogP contribution in [0.4, 0.5) is 14.5 Å². The smallest absolute Gasteiger partial charge is 0.260 e. The van der Waals surface area contributed by atoms with E-state index in [0.29, 0.717) is 11.3 Å². The SMILES string of the molecule is Nc1ccc(F)c(-c2nc(Cc3ccccc3F)no2)c1. The number of aromatic nitrogens is 2. The van der Waals surface area contributed by atoms with Gasteiger partial charge in [-0.05, 0) is 29.8 Å². The summed E-state index contributed by atoms with van der Waals surface area (Å²) in [5.74, 6) is -0.563. The molecule has 3 rings (SSSR count). The van der Waals surface area contributed by atoms with Crippen LogP contribution >= 0.6 is 0 Å². The molecule has 106 valence electrons. The Morgan fingerprint density at radius 2 is 1.86 bits per heavy atom. The van der Waals surface area contributed by atoms with Crippen molar-refractivity contribution in [2.45, 2.75) is 6.42 Å². The second-order valence-corrected chi connectivity index (χ2v) is 4.52. The summed E-state index contributed by atoms with van der Waals surface area (Å²) in [5, 5.41) is 3.74. The van der Waals surface area contributed by atoms with Crippen molar-refractivity contribution in [3.63, 3.8) is 0 Å². The number of anilines is 1. The molecule has 0 aliphatic rings. The lowest BCUT2D eigenvalue weighted by Gasteiger charge is -1.99. The first-order chi connectivity index (χ1) is 10.1. The largest absolute Gasteiger partial charge is 0.399 e. The standard InChI is InChI=1S/C15H11F2N3O/c16-12-4-2-1-3-9(12)7-14-19-15(21-20-14)11-8-10(18)5-6-13(11)17/h1-6,8H,7,18H2. The number of hydrogen-bond acceptors (Lipinski definition) is 4. The molecule has 2 aromatic carbocycles. The number of nitrogens with zero attached hydrogens (tertiary/aromatic N) is 2. The van der Waals surface area contributed by atoms with Crippen LogP contribution in [0.3, 0.4) is 0 Å². The number of rotatable bonds is 3. The molecule has 2 N–H and O–H groups in total. The van der Waals surface area contributed by atoms with Crippen molar-refractivity contribution in [2.75, 3.05) is 5.73 Å². The summed E-state index contributed by atoms with van der Waals surface area (Å²) in [4.78, 5) is 4.08. The summed E-state index contributed by atoms with van der Waals surface area (Å²) >= 11 is 0. The van der Waals surface area contributed by atoms with Gasteiger partial charge in [-0.1, -0.05) is 23.4 Å². The van der Waals surface area contributed by atoms with Gasteiger partial charge >= 0.3 is 0 Å². The lowest BCUT2D eigenvalue weighted by Crippen LogP contribution is -1.94. The van der Waals surface area contributed by atoms with Gasteiger partial charge in [-0.3, -0.25) is 0 Å². The van der Waals surface area contributed by atoms with Gasteiger partial charge in [0.05, 0.1) is 5.56 Å². The van der Waals surface area contributed by atoms with E-state index < -0.39 is 5.82 Å². The topological polar surface area (TPSA) is 64.9 Å². The monoisotopic (exact) mass is 287 g/mol. The Morgan fingerprint density at radius 3 is 2.67 bits per heavy atom. The van der Waals surface area contributed by atoms with Gasteiger partial charge in [0.1, 0.15) is 11.6 Å². The zero-order valence-corrected chi connectivity index (χ0v) is 10.9. The highest BCUT2D eigenvalue weighted by molar-refractivity contribution is 5.60. The van der Waals surface area contributed by atoms with Crippen LogP contribution in [-0.4, -0.2) is 10.1 Å². The van der Waals surface area contributed by atoms with Gasteiger partial charge in [0.15, 0.2) is 5.82 Å². The van der Waals surface area contributed by atoms with Crippen molar-refractivity contribution in [3.8, 4) is 11.5 Å². The van der Waals surface area contributed by atoms with E-state index in [1.807, 2.05) is 0 Å². The van der Waals surface area contributed by atoms with Crippen molar-refractivity contribution in [3.05, 3.63) is 65.5 Å². The lowest BCUT2D eigenvalue weighted by atomic mass is 10.1. The molecule has 0 atom stereocenters. The zero-order chi connectivity index (χ0) is 14.8. The maximum Gasteiger partial charge on any atom is 0.260 e. The normalized spacial score (nSPS) is 10.8. The third-order valence-corrected chi connectivity index (χ3v) is 3.00.